The molecule has 1 heterocycles. The second-order valence-electron chi connectivity index (χ2n) is 4.60. The Morgan fingerprint density at radius 2 is 2.00 bits per heavy atom. The van der Waals surface area contributed by atoms with Crippen LogP contribution in [0.2, 0.25) is 0 Å². The normalized spacial score (nSPS) is 11.6. The van der Waals surface area contributed by atoms with Gasteiger partial charge in [0.1, 0.15) is 9.77 Å². The first-order valence-corrected chi connectivity index (χ1v) is 9.07. The summed E-state index contributed by atoms with van der Waals surface area (Å²) in [7, 11) is -2.49. The molecule has 0 atom stereocenters. The maximum Gasteiger partial charge on any atom is 0.349 e. The Kier molecular flexibility index (Phi) is 7.30. The number of aliphatic hydroxyl groups excluding tert-OH is 1. The van der Waals surface area contributed by atoms with E-state index >= 15 is 0 Å². The molecule has 0 aliphatic carbocycles. The van der Waals surface area contributed by atoms with E-state index in [1.165, 1.54) is 7.11 Å². The van der Waals surface area contributed by atoms with Crippen LogP contribution >= 0.6 is 11.3 Å². The van der Waals surface area contributed by atoms with Crippen molar-refractivity contribution in [2.45, 2.75) is 37.5 Å². The quantitative estimate of drug-likeness (QED) is 0.529. The average molecular weight is 335 g/mol. The van der Waals surface area contributed by atoms with Crippen molar-refractivity contribution in [3.8, 4) is 0 Å². The molecule has 2 N–H and O–H groups in total. The number of rotatable bonds is 9. The van der Waals surface area contributed by atoms with Gasteiger partial charge < -0.3 is 9.84 Å². The number of aliphatic hydroxyl groups is 1. The molecule has 0 bridgehead atoms. The van der Waals surface area contributed by atoms with Gasteiger partial charge in [0.15, 0.2) is 0 Å². The summed E-state index contributed by atoms with van der Waals surface area (Å²) in [4.78, 5) is 11.7. The molecule has 0 unspecified atom stereocenters. The monoisotopic (exact) mass is 335 g/mol. The van der Waals surface area contributed by atoms with Gasteiger partial charge in [0.05, 0.1) is 7.11 Å². The number of sulfonamides is 1. The van der Waals surface area contributed by atoms with Gasteiger partial charge >= 0.3 is 5.97 Å². The van der Waals surface area contributed by atoms with Gasteiger partial charge in [-0.3, -0.25) is 0 Å². The molecule has 0 saturated carbocycles. The molecule has 0 amide bonds. The lowest BCUT2D eigenvalue weighted by Gasteiger charge is -2.08. The third-order valence-electron chi connectivity index (χ3n) is 2.93. The highest BCUT2D eigenvalue weighted by molar-refractivity contribution is 7.89. The highest BCUT2D eigenvalue weighted by Gasteiger charge is 2.26. The molecule has 0 fully saturated rings. The maximum atomic E-state index is 12.3. The highest BCUT2D eigenvalue weighted by atomic mass is 32.2. The van der Waals surface area contributed by atoms with Gasteiger partial charge in [-0.15, -0.1) is 11.3 Å². The molecule has 0 spiro atoms. The third kappa shape index (κ3) is 5.06. The van der Waals surface area contributed by atoms with Gasteiger partial charge in [-0.05, 0) is 30.7 Å². The van der Waals surface area contributed by atoms with Crippen molar-refractivity contribution in [2.75, 3.05) is 20.3 Å². The fourth-order valence-corrected chi connectivity index (χ4v) is 4.65. The Morgan fingerprint density at radius 3 is 2.62 bits per heavy atom. The molecule has 0 aliphatic rings. The standard InChI is InChI=1S/C13H21NO5S2/c1-10-9-20-11(13(16)19-2)12(10)21(17,18)14-7-5-3-4-6-8-15/h9,14-15H,3-8H2,1-2H3. The van der Waals surface area contributed by atoms with Gasteiger partial charge in [-0.1, -0.05) is 12.8 Å². The van der Waals surface area contributed by atoms with Crippen molar-refractivity contribution in [2.24, 2.45) is 0 Å². The molecule has 8 heteroatoms. The maximum absolute atomic E-state index is 12.3. The number of nitrogens with one attached hydrogen (secondary N) is 1. The van der Waals surface area contributed by atoms with Gasteiger partial charge in [-0.2, -0.15) is 0 Å². The van der Waals surface area contributed by atoms with E-state index in [1.54, 1.807) is 12.3 Å². The van der Waals surface area contributed by atoms with E-state index in [1.807, 2.05) is 0 Å². The van der Waals surface area contributed by atoms with Crippen LogP contribution in [-0.4, -0.2) is 39.8 Å². The topological polar surface area (TPSA) is 92.7 Å². The predicted octanol–water partition coefficient (Wildman–Crippen LogP) is 1.67. The van der Waals surface area contributed by atoms with Crippen LogP contribution in [0.3, 0.4) is 0 Å². The number of thiophene rings is 1. The first kappa shape index (κ1) is 18.1. The van der Waals surface area contributed by atoms with Gasteiger partial charge in [0.25, 0.3) is 0 Å². The third-order valence-corrected chi connectivity index (χ3v) is 5.79. The molecule has 0 aromatic carbocycles. The van der Waals surface area contributed by atoms with Crippen LogP contribution in [0, 0.1) is 6.92 Å². The number of aryl methyl sites for hydroxylation is 1. The minimum absolute atomic E-state index is 0.00899. The molecule has 1 aromatic rings. The van der Waals surface area contributed by atoms with Gasteiger partial charge in [0, 0.05) is 13.2 Å². The highest BCUT2D eigenvalue weighted by Crippen LogP contribution is 2.27. The van der Waals surface area contributed by atoms with Crippen molar-refractivity contribution < 1.29 is 23.1 Å². The zero-order valence-corrected chi connectivity index (χ0v) is 13.8. The Hall–Kier alpha value is -0.960. The summed E-state index contributed by atoms with van der Waals surface area (Å²) >= 11 is 1.06. The Bertz CT molecular complexity index is 565. The SMILES string of the molecule is COC(=O)c1scc(C)c1S(=O)(=O)NCCCCCCO. The first-order valence-electron chi connectivity index (χ1n) is 6.71. The van der Waals surface area contributed by atoms with Crippen molar-refractivity contribution in [3.63, 3.8) is 0 Å². The predicted molar refractivity (Wildman–Crippen MR) is 81.1 cm³/mol. The number of ether oxygens (including phenoxy) is 1. The molecule has 1 rings (SSSR count). The van der Waals surface area contributed by atoms with Crippen LogP contribution in [0.1, 0.15) is 40.9 Å². The number of methoxy groups -OCH3 is 1. The number of unbranched alkanes of at least 4 members (excludes halogenated alkanes) is 3. The van der Waals surface area contributed by atoms with E-state index in [9.17, 15) is 13.2 Å². The van der Waals surface area contributed by atoms with E-state index < -0.39 is 16.0 Å². The Balaban J connectivity index is 2.70. The number of carbonyl (C=O) groups is 1. The molecular formula is C13H21NO5S2. The van der Waals surface area contributed by atoms with E-state index in [-0.39, 0.29) is 16.4 Å². The van der Waals surface area contributed by atoms with Crippen molar-refractivity contribution in [3.05, 3.63) is 15.8 Å². The van der Waals surface area contributed by atoms with E-state index in [0.717, 1.165) is 30.6 Å². The van der Waals surface area contributed by atoms with Crippen molar-refractivity contribution in [1.82, 2.24) is 4.72 Å². The smallest absolute Gasteiger partial charge is 0.349 e. The summed E-state index contributed by atoms with van der Waals surface area (Å²) in [6.45, 7) is 2.12. The zero-order valence-electron chi connectivity index (χ0n) is 12.2. The molecular weight excluding hydrogens is 314 g/mol. The van der Waals surface area contributed by atoms with E-state index in [0.29, 0.717) is 18.5 Å². The molecule has 21 heavy (non-hydrogen) atoms. The molecule has 6 nitrogen and oxygen atoms in total. The minimum atomic E-state index is -3.72. The Labute approximate surface area is 129 Å². The second-order valence-corrected chi connectivity index (χ2v) is 7.19. The second kappa shape index (κ2) is 8.47. The lowest BCUT2D eigenvalue weighted by atomic mass is 10.2. The fourth-order valence-electron chi connectivity index (χ4n) is 1.87. The first-order chi connectivity index (χ1) is 9.94. The number of hydrogen-bond donors (Lipinski definition) is 2. The van der Waals surface area contributed by atoms with Gasteiger partial charge in [-0.25, -0.2) is 17.9 Å². The summed E-state index contributed by atoms with van der Waals surface area (Å²) in [5.41, 5.74) is 0.535. The van der Waals surface area contributed by atoms with Crippen LogP contribution in [0.25, 0.3) is 0 Å². The average Bonchev–Trinajstić information content (AvgIpc) is 2.84. The molecule has 0 radical (unpaired) electrons. The van der Waals surface area contributed by atoms with Crippen LogP contribution in [0.4, 0.5) is 0 Å². The van der Waals surface area contributed by atoms with E-state index in [2.05, 4.69) is 9.46 Å². The Morgan fingerprint density at radius 1 is 1.33 bits per heavy atom. The summed E-state index contributed by atoms with van der Waals surface area (Å²) < 4.78 is 31.7. The summed E-state index contributed by atoms with van der Waals surface area (Å²) in [5.74, 6) is -0.642. The summed E-state index contributed by atoms with van der Waals surface area (Å²) in [5, 5.41) is 10.3. The summed E-state index contributed by atoms with van der Waals surface area (Å²) in [6, 6.07) is 0. The molecule has 0 saturated heterocycles. The number of esters is 1. The van der Waals surface area contributed by atoms with Crippen LogP contribution in [-0.2, 0) is 14.8 Å². The lowest BCUT2D eigenvalue weighted by molar-refractivity contribution is 0.0602. The number of hydrogen-bond acceptors (Lipinski definition) is 6. The van der Waals surface area contributed by atoms with Crippen molar-refractivity contribution >= 4 is 27.3 Å². The summed E-state index contributed by atoms with van der Waals surface area (Å²) in [6.07, 6.45) is 3.12. The van der Waals surface area contributed by atoms with Crippen LogP contribution in [0.15, 0.2) is 10.3 Å². The van der Waals surface area contributed by atoms with Crippen LogP contribution in [0.5, 0.6) is 0 Å². The zero-order chi connectivity index (χ0) is 15.9. The number of carbonyl (C=O) groups excluding carboxylic acids is 1. The minimum Gasteiger partial charge on any atom is -0.465 e. The fraction of sp³-hybridized carbons (Fsp3) is 0.615. The van der Waals surface area contributed by atoms with E-state index in [4.69, 9.17) is 5.11 Å². The van der Waals surface area contributed by atoms with Gasteiger partial charge in [0.2, 0.25) is 10.0 Å². The van der Waals surface area contributed by atoms with Crippen LogP contribution < -0.4 is 4.72 Å². The molecule has 1 aromatic heterocycles. The molecule has 0 aliphatic heterocycles. The van der Waals surface area contributed by atoms with Crippen molar-refractivity contribution in [1.29, 1.82) is 0 Å². The lowest BCUT2D eigenvalue weighted by Crippen LogP contribution is -2.26. The largest absolute Gasteiger partial charge is 0.465 e. The molecule has 120 valence electrons.